The minimum atomic E-state index is -0.758. The average molecular weight is 556 g/mol. The van der Waals surface area contributed by atoms with Crippen LogP contribution in [0.3, 0.4) is 0 Å². The van der Waals surface area contributed by atoms with Gasteiger partial charge < -0.3 is 24.4 Å². The first-order valence-corrected chi connectivity index (χ1v) is 14.0. The van der Waals surface area contributed by atoms with Gasteiger partial charge in [-0.05, 0) is 70.0 Å². The minimum Gasteiger partial charge on any atom is -0.493 e. The predicted molar refractivity (Wildman–Crippen MR) is 159 cm³/mol. The van der Waals surface area contributed by atoms with Gasteiger partial charge in [-0.2, -0.15) is 0 Å². The first kappa shape index (κ1) is 28.4. The van der Waals surface area contributed by atoms with Crippen molar-refractivity contribution in [2.75, 3.05) is 39.2 Å². The van der Waals surface area contributed by atoms with Gasteiger partial charge in [0.2, 0.25) is 0 Å². The smallest absolute Gasteiger partial charge is 0.258 e. The maximum absolute atomic E-state index is 12.9. The van der Waals surface area contributed by atoms with Gasteiger partial charge in [0.05, 0.1) is 24.9 Å². The Hall–Kier alpha value is -4.08. The fourth-order valence-electron chi connectivity index (χ4n) is 5.25. The van der Waals surface area contributed by atoms with E-state index in [0.717, 1.165) is 48.1 Å². The summed E-state index contributed by atoms with van der Waals surface area (Å²) in [6.07, 6.45) is 6.34. The van der Waals surface area contributed by atoms with E-state index in [0.29, 0.717) is 41.3 Å². The summed E-state index contributed by atoms with van der Waals surface area (Å²) in [6, 6.07) is 15.6. The number of aromatic nitrogens is 3. The topological polar surface area (TPSA) is 98.7 Å². The van der Waals surface area contributed by atoms with Crippen LogP contribution in [0.4, 0.5) is 5.69 Å². The summed E-state index contributed by atoms with van der Waals surface area (Å²) < 4.78 is 17.4. The number of rotatable bonds is 10. The molecule has 3 heterocycles. The largest absolute Gasteiger partial charge is 0.493 e. The van der Waals surface area contributed by atoms with Crippen LogP contribution in [-0.4, -0.2) is 65.7 Å². The molecule has 4 aromatic rings. The molecule has 1 unspecified atom stereocenters. The molecule has 2 aromatic heterocycles. The maximum Gasteiger partial charge on any atom is 0.258 e. The van der Waals surface area contributed by atoms with Gasteiger partial charge in [0, 0.05) is 53.8 Å². The molecular weight excluding hydrogens is 518 g/mol. The first-order valence-electron chi connectivity index (χ1n) is 14.0. The Morgan fingerprint density at radius 1 is 1.05 bits per heavy atom. The molecule has 9 heteroatoms. The van der Waals surface area contributed by atoms with Crippen molar-refractivity contribution in [1.82, 2.24) is 19.9 Å². The number of hydrogen-bond donors (Lipinski definition) is 1. The van der Waals surface area contributed by atoms with E-state index in [-0.39, 0.29) is 5.91 Å². The van der Waals surface area contributed by atoms with Crippen LogP contribution in [0.15, 0.2) is 67.3 Å². The highest BCUT2D eigenvalue weighted by Gasteiger charge is 2.23. The highest BCUT2D eigenvalue weighted by Crippen LogP contribution is 2.36. The van der Waals surface area contributed by atoms with Crippen molar-refractivity contribution in [1.29, 1.82) is 0 Å². The molecule has 214 valence electrons. The van der Waals surface area contributed by atoms with Crippen LogP contribution >= 0.6 is 0 Å². The van der Waals surface area contributed by atoms with E-state index in [1.165, 1.54) is 7.11 Å². The molecule has 1 aliphatic heterocycles. The Morgan fingerprint density at radius 2 is 1.83 bits per heavy atom. The molecule has 1 fully saturated rings. The third-order valence-corrected chi connectivity index (χ3v) is 7.66. The van der Waals surface area contributed by atoms with Gasteiger partial charge in [-0.25, -0.2) is 9.97 Å². The summed E-state index contributed by atoms with van der Waals surface area (Å²) in [6.45, 7) is 7.38. The third-order valence-electron chi connectivity index (χ3n) is 7.66. The number of pyridine rings is 1. The van der Waals surface area contributed by atoms with Gasteiger partial charge in [0.15, 0.2) is 17.6 Å². The summed E-state index contributed by atoms with van der Waals surface area (Å²) >= 11 is 0. The number of nitrogens with zero attached hydrogens (tertiary/aromatic N) is 4. The Kier molecular flexibility index (Phi) is 9.06. The molecule has 9 nitrogen and oxygen atoms in total. The lowest BCUT2D eigenvalue weighted by Crippen LogP contribution is -2.39. The van der Waals surface area contributed by atoms with E-state index >= 15 is 0 Å². The summed E-state index contributed by atoms with van der Waals surface area (Å²) in [4.78, 5) is 28.5. The molecular formula is C32H37N5O4. The second-order valence-corrected chi connectivity index (χ2v) is 10.6. The fourth-order valence-corrected chi connectivity index (χ4v) is 5.25. The molecule has 0 saturated carbocycles. The van der Waals surface area contributed by atoms with Crippen LogP contribution in [0.2, 0.25) is 0 Å². The molecule has 1 atom stereocenters. The van der Waals surface area contributed by atoms with Crippen LogP contribution in [0.5, 0.6) is 11.5 Å². The molecule has 41 heavy (non-hydrogen) atoms. The van der Waals surface area contributed by atoms with Gasteiger partial charge in [0.25, 0.3) is 5.91 Å². The van der Waals surface area contributed by atoms with Gasteiger partial charge in [-0.3, -0.25) is 9.78 Å². The van der Waals surface area contributed by atoms with E-state index in [9.17, 15) is 4.79 Å². The van der Waals surface area contributed by atoms with E-state index in [1.54, 1.807) is 31.9 Å². The molecule has 2 aromatic carbocycles. The van der Waals surface area contributed by atoms with Crippen molar-refractivity contribution in [2.24, 2.45) is 5.92 Å². The van der Waals surface area contributed by atoms with Crippen molar-refractivity contribution < 1.29 is 19.0 Å². The first-order chi connectivity index (χ1) is 20.0. The Balaban J connectivity index is 1.30. The van der Waals surface area contributed by atoms with E-state index in [1.807, 2.05) is 42.5 Å². The van der Waals surface area contributed by atoms with E-state index in [2.05, 4.69) is 39.0 Å². The second-order valence-electron chi connectivity index (χ2n) is 10.6. The number of hydrogen-bond acceptors (Lipinski definition) is 8. The molecule has 0 spiro atoms. The summed E-state index contributed by atoms with van der Waals surface area (Å²) in [5, 5.41) is 3.77. The Morgan fingerprint density at radius 3 is 2.49 bits per heavy atom. The van der Waals surface area contributed by atoms with Crippen LogP contribution in [0.1, 0.15) is 38.4 Å². The molecule has 1 saturated heterocycles. The summed E-state index contributed by atoms with van der Waals surface area (Å²) in [5.74, 6) is 1.59. The number of likely N-dealkylation sites (tertiary alicyclic amines) is 1. The van der Waals surface area contributed by atoms with Gasteiger partial charge in [0.1, 0.15) is 6.33 Å². The number of ether oxygens (including phenoxy) is 3. The van der Waals surface area contributed by atoms with Crippen LogP contribution < -0.4 is 14.8 Å². The molecule has 1 N–H and O–H groups in total. The summed E-state index contributed by atoms with van der Waals surface area (Å²) in [7, 11) is 3.15. The lowest BCUT2D eigenvalue weighted by Gasteiger charge is -2.34. The molecule has 0 radical (unpaired) electrons. The zero-order valence-electron chi connectivity index (χ0n) is 24.0. The van der Waals surface area contributed by atoms with Crippen molar-refractivity contribution in [3.63, 3.8) is 0 Å². The number of piperidine rings is 1. The highest BCUT2D eigenvalue weighted by atomic mass is 16.5. The zero-order valence-corrected chi connectivity index (χ0v) is 24.0. The van der Waals surface area contributed by atoms with Crippen LogP contribution in [-0.2, 0) is 9.53 Å². The maximum atomic E-state index is 12.9. The van der Waals surface area contributed by atoms with Crippen LogP contribution in [0, 0.1) is 5.92 Å². The number of nitrogens with one attached hydrogen (secondary N) is 1. The lowest BCUT2D eigenvalue weighted by molar-refractivity contribution is -0.126. The van der Waals surface area contributed by atoms with E-state index in [4.69, 9.17) is 14.2 Å². The molecule has 1 aliphatic rings. The fraction of sp³-hybridized carbons (Fsp3) is 0.375. The average Bonchev–Trinajstić information content (AvgIpc) is 3.00. The number of amides is 1. The van der Waals surface area contributed by atoms with Crippen molar-refractivity contribution in [2.45, 2.75) is 38.8 Å². The number of fused-ring (bicyclic) bond motifs is 1. The minimum absolute atomic E-state index is 0.275. The Labute approximate surface area is 240 Å². The standard InChI is InChI=1S/C32H37N5O4/c1-21(2)37-14-11-22(12-15-37)19-41-29-17-27-26(16-28(29)39-3)30(35-20-34-27)23-7-9-25(10-8-23)36-32(38)31(40-4)24-6-5-13-33-18-24/h5-10,13,16-18,20-22,31H,11-12,14-15,19H2,1-4H3,(H,36,38). The van der Waals surface area contributed by atoms with Crippen molar-refractivity contribution in [3.05, 3.63) is 72.8 Å². The van der Waals surface area contributed by atoms with Gasteiger partial charge >= 0.3 is 0 Å². The predicted octanol–water partition coefficient (Wildman–Crippen LogP) is 5.53. The van der Waals surface area contributed by atoms with E-state index < -0.39 is 6.10 Å². The Bertz CT molecular complexity index is 1450. The van der Waals surface area contributed by atoms with Crippen molar-refractivity contribution in [3.8, 4) is 22.8 Å². The summed E-state index contributed by atoms with van der Waals surface area (Å²) in [5.41, 5.74) is 3.76. The number of methoxy groups -OCH3 is 2. The molecule has 5 rings (SSSR count). The molecule has 0 aliphatic carbocycles. The van der Waals surface area contributed by atoms with Crippen LogP contribution in [0.25, 0.3) is 22.2 Å². The lowest BCUT2D eigenvalue weighted by atomic mass is 9.97. The number of benzene rings is 2. The highest BCUT2D eigenvalue weighted by molar-refractivity contribution is 5.96. The number of anilines is 1. The molecule has 1 amide bonds. The second kappa shape index (κ2) is 13.1. The van der Waals surface area contributed by atoms with Crippen molar-refractivity contribution >= 4 is 22.5 Å². The quantitative estimate of drug-likeness (QED) is 0.273. The third kappa shape index (κ3) is 6.64. The van der Waals surface area contributed by atoms with Gasteiger partial charge in [-0.1, -0.05) is 18.2 Å². The number of carbonyl (C=O) groups excluding carboxylic acids is 1. The number of carbonyl (C=O) groups is 1. The SMILES string of the molecule is COc1cc2c(-c3ccc(NC(=O)C(OC)c4cccnc4)cc3)ncnc2cc1OCC1CCN(C(C)C)CC1. The van der Waals surface area contributed by atoms with Gasteiger partial charge in [-0.15, -0.1) is 0 Å². The molecule has 0 bridgehead atoms. The zero-order chi connectivity index (χ0) is 28.8. The normalized spacial score (nSPS) is 15.1. The monoisotopic (exact) mass is 555 g/mol.